The molecule has 0 radical (unpaired) electrons. The first kappa shape index (κ1) is 12.9. The van der Waals surface area contributed by atoms with Crippen molar-refractivity contribution in [3.05, 3.63) is 29.8 Å². The summed E-state index contributed by atoms with van der Waals surface area (Å²) in [5.74, 6) is 1.31. The van der Waals surface area contributed by atoms with E-state index < -0.39 is 0 Å². The van der Waals surface area contributed by atoms with Crippen molar-refractivity contribution >= 4 is 18.5 Å². The van der Waals surface area contributed by atoms with E-state index in [2.05, 4.69) is 24.9 Å². The third-order valence-corrected chi connectivity index (χ3v) is 2.37. The van der Waals surface area contributed by atoms with E-state index in [0.29, 0.717) is 12.3 Å². The van der Waals surface area contributed by atoms with Crippen molar-refractivity contribution in [3.8, 4) is 5.75 Å². The maximum absolute atomic E-state index is 11.3. The first-order valence-electron chi connectivity index (χ1n) is 5.36. The van der Waals surface area contributed by atoms with Crippen LogP contribution in [0, 0.1) is 0 Å². The summed E-state index contributed by atoms with van der Waals surface area (Å²) in [4.78, 5) is 11.3. The second-order valence-electron chi connectivity index (χ2n) is 3.32. The molecule has 0 heterocycles. The fraction of sp³-hybridized carbons (Fsp3) is 0.417. The molecule has 0 fully saturated rings. The number of benzene rings is 1. The van der Waals surface area contributed by atoms with Gasteiger partial charge in [-0.25, -0.2) is 0 Å². The molecule has 0 aliphatic heterocycles. The lowest BCUT2D eigenvalue weighted by molar-refractivity contribution is -0.122. The fourth-order valence-electron chi connectivity index (χ4n) is 1.33. The van der Waals surface area contributed by atoms with Crippen LogP contribution in [-0.2, 0) is 11.2 Å². The maximum atomic E-state index is 11.3. The summed E-state index contributed by atoms with van der Waals surface area (Å²) in [6.07, 6.45) is 0.897. The number of nitrogens with one attached hydrogen (secondary N) is 1. The molecule has 0 spiro atoms. The van der Waals surface area contributed by atoms with E-state index in [1.54, 1.807) is 0 Å². The van der Waals surface area contributed by atoms with E-state index in [0.717, 1.165) is 17.7 Å². The molecule has 0 saturated heterocycles. The van der Waals surface area contributed by atoms with E-state index in [-0.39, 0.29) is 12.5 Å². The lowest BCUT2D eigenvalue weighted by Crippen LogP contribution is -2.30. The monoisotopic (exact) mass is 239 g/mol. The molecule has 0 aromatic heterocycles. The zero-order valence-corrected chi connectivity index (χ0v) is 10.3. The Labute approximate surface area is 102 Å². The second-order valence-corrected chi connectivity index (χ2v) is 3.77. The van der Waals surface area contributed by atoms with Gasteiger partial charge in [0, 0.05) is 12.3 Å². The molecule has 88 valence electrons. The number of thiol groups is 1. The van der Waals surface area contributed by atoms with Crippen molar-refractivity contribution in [2.24, 2.45) is 0 Å². The van der Waals surface area contributed by atoms with Crippen LogP contribution in [0.2, 0.25) is 0 Å². The molecule has 1 aromatic rings. The molecule has 1 amide bonds. The van der Waals surface area contributed by atoms with Gasteiger partial charge in [-0.1, -0.05) is 25.1 Å². The number of carbonyl (C=O) groups excluding carboxylic acids is 1. The van der Waals surface area contributed by atoms with Crippen LogP contribution in [0.5, 0.6) is 5.75 Å². The lowest BCUT2D eigenvalue weighted by atomic mass is 10.1. The van der Waals surface area contributed by atoms with E-state index in [1.165, 1.54) is 0 Å². The largest absolute Gasteiger partial charge is 0.483 e. The summed E-state index contributed by atoms with van der Waals surface area (Å²) < 4.78 is 5.45. The number of hydrogen-bond donors (Lipinski definition) is 2. The SMILES string of the molecule is CCc1ccccc1OCC(=O)NCCS. The van der Waals surface area contributed by atoms with Gasteiger partial charge < -0.3 is 10.1 Å². The number of hydrogen-bond acceptors (Lipinski definition) is 3. The molecule has 1 rings (SSSR count). The van der Waals surface area contributed by atoms with Gasteiger partial charge in [-0.15, -0.1) is 0 Å². The first-order valence-corrected chi connectivity index (χ1v) is 5.99. The molecule has 4 heteroatoms. The Bertz CT molecular complexity index is 342. The van der Waals surface area contributed by atoms with Crippen LogP contribution in [0.25, 0.3) is 0 Å². The van der Waals surface area contributed by atoms with Gasteiger partial charge in [0.1, 0.15) is 5.75 Å². The fourth-order valence-corrected chi connectivity index (χ4v) is 1.44. The van der Waals surface area contributed by atoms with Gasteiger partial charge in [0.15, 0.2) is 6.61 Å². The summed E-state index contributed by atoms with van der Waals surface area (Å²) >= 11 is 4.01. The van der Waals surface area contributed by atoms with E-state index in [4.69, 9.17) is 4.74 Å². The minimum atomic E-state index is -0.111. The number of carbonyl (C=O) groups is 1. The van der Waals surface area contributed by atoms with Gasteiger partial charge in [0.25, 0.3) is 5.91 Å². The predicted molar refractivity (Wildman–Crippen MR) is 68.2 cm³/mol. The molecule has 0 aliphatic carbocycles. The Morgan fingerprint density at radius 1 is 1.44 bits per heavy atom. The standard InChI is InChI=1S/C12H17NO2S/c1-2-10-5-3-4-6-11(10)15-9-12(14)13-7-8-16/h3-6,16H,2,7-9H2,1H3,(H,13,14). The highest BCUT2D eigenvalue weighted by molar-refractivity contribution is 7.80. The van der Waals surface area contributed by atoms with Crippen LogP contribution in [0.1, 0.15) is 12.5 Å². The van der Waals surface area contributed by atoms with E-state index in [9.17, 15) is 4.79 Å². The Kier molecular flexibility index (Phi) is 5.78. The number of amides is 1. The third-order valence-electron chi connectivity index (χ3n) is 2.15. The molecule has 0 unspecified atom stereocenters. The summed E-state index contributed by atoms with van der Waals surface area (Å²) in [6, 6.07) is 7.75. The van der Waals surface area contributed by atoms with E-state index >= 15 is 0 Å². The molecule has 0 bridgehead atoms. The van der Waals surface area contributed by atoms with Crippen LogP contribution < -0.4 is 10.1 Å². The van der Waals surface area contributed by atoms with Crippen LogP contribution in [0.3, 0.4) is 0 Å². The summed E-state index contributed by atoms with van der Waals surface area (Å²) in [6.45, 7) is 2.69. The van der Waals surface area contributed by atoms with Gasteiger partial charge in [-0.2, -0.15) is 12.6 Å². The van der Waals surface area contributed by atoms with Crippen molar-refractivity contribution < 1.29 is 9.53 Å². The first-order chi connectivity index (χ1) is 7.77. The summed E-state index contributed by atoms with van der Waals surface area (Å²) in [7, 11) is 0. The summed E-state index contributed by atoms with van der Waals surface area (Å²) in [5, 5.41) is 2.70. The van der Waals surface area contributed by atoms with Gasteiger partial charge in [0.05, 0.1) is 0 Å². The van der Waals surface area contributed by atoms with Crippen molar-refractivity contribution in [1.82, 2.24) is 5.32 Å². The van der Waals surface area contributed by atoms with E-state index in [1.807, 2.05) is 24.3 Å². The Hall–Kier alpha value is -1.16. The quantitative estimate of drug-likeness (QED) is 0.741. The van der Waals surface area contributed by atoms with Crippen molar-refractivity contribution in [1.29, 1.82) is 0 Å². The molecular weight excluding hydrogens is 222 g/mol. The van der Waals surface area contributed by atoms with Crippen molar-refractivity contribution in [2.75, 3.05) is 18.9 Å². The Morgan fingerprint density at radius 3 is 2.88 bits per heavy atom. The topological polar surface area (TPSA) is 38.3 Å². The molecule has 3 nitrogen and oxygen atoms in total. The highest BCUT2D eigenvalue weighted by Crippen LogP contribution is 2.17. The second kappa shape index (κ2) is 7.17. The Morgan fingerprint density at radius 2 is 2.19 bits per heavy atom. The van der Waals surface area contributed by atoms with Gasteiger partial charge in [0.2, 0.25) is 0 Å². The van der Waals surface area contributed by atoms with Crippen LogP contribution in [0.4, 0.5) is 0 Å². The molecular formula is C12H17NO2S. The molecule has 0 atom stereocenters. The van der Waals surface area contributed by atoms with Gasteiger partial charge in [-0.05, 0) is 18.1 Å². The number of para-hydroxylation sites is 1. The zero-order chi connectivity index (χ0) is 11.8. The average Bonchev–Trinajstić information content (AvgIpc) is 2.34. The maximum Gasteiger partial charge on any atom is 0.257 e. The van der Waals surface area contributed by atoms with Crippen molar-refractivity contribution in [3.63, 3.8) is 0 Å². The van der Waals surface area contributed by atoms with Crippen LogP contribution in [0.15, 0.2) is 24.3 Å². The minimum absolute atomic E-state index is 0.0603. The minimum Gasteiger partial charge on any atom is -0.483 e. The molecule has 0 saturated carbocycles. The van der Waals surface area contributed by atoms with Gasteiger partial charge >= 0.3 is 0 Å². The number of ether oxygens (including phenoxy) is 1. The number of aryl methyl sites for hydroxylation is 1. The van der Waals surface area contributed by atoms with Gasteiger partial charge in [-0.3, -0.25) is 4.79 Å². The van der Waals surface area contributed by atoms with Crippen molar-refractivity contribution in [2.45, 2.75) is 13.3 Å². The predicted octanol–water partition coefficient (Wildman–Crippen LogP) is 1.67. The summed E-state index contributed by atoms with van der Waals surface area (Å²) in [5.41, 5.74) is 1.12. The normalized spacial score (nSPS) is 9.88. The van der Waals surface area contributed by atoms with Crippen LogP contribution in [-0.4, -0.2) is 24.8 Å². The molecule has 1 N–H and O–H groups in total. The average molecular weight is 239 g/mol. The molecule has 0 aliphatic rings. The smallest absolute Gasteiger partial charge is 0.257 e. The highest BCUT2D eigenvalue weighted by atomic mass is 32.1. The lowest BCUT2D eigenvalue weighted by Gasteiger charge is -2.09. The third kappa shape index (κ3) is 4.14. The Balaban J connectivity index is 2.44. The molecule has 16 heavy (non-hydrogen) atoms. The highest BCUT2D eigenvalue weighted by Gasteiger charge is 2.04. The zero-order valence-electron chi connectivity index (χ0n) is 9.40. The number of rotatable bonds is 6. The van der Waals surface area contributed by atoms with Crippen LogP contribution >= 0.6 is 12.6 Å². The molecule has 1 aromatic carbocycles.